The zero-order chi connectivity index (χ0) is 26.5. The molecular weight excluding hydrogens is 446 g/mol. The number of carbonyl (C=O) groups excluding carboxylic acids is 2. The van der Waals surface area contributed by atoms with Gasteiger partial charge in [0, 0.05) is 48.0 Å². The topological polar surface area (TPSA) is 111 Å². The molecule has 0 saturated carbocycles. The van der Waals surface area contributed by atoms with Crippen LogP contribution >= 0.6 is 0 Å². The van der Waals surface area contributed by atoms with E-state index in [9.17, 15) is 9.59 Å². The van der Waals surface area contributed by atoms with E-state index >= 15 is 0 Å². The number of rotatable bonds is 14. The van der Waals surface area contributed by atoms with Crippen LogP contribution in [-0.2, 0) is 19.1 Å². The van der Waals surface area contributed by atoms with E-state index in [-0.39, 0.29) is 5.97 Å². The van der Waals surface area contributed by atoms with Crippen molar-refractivity contribution >= 4 is 18.0 Å². The summed E-state index contributed by atoms with van der Waals surface area (Å²) >= 11 is 0. The molecule has 35 heavy (non-hydrogen) atoms. The third-order valence-corrected chi connectivity index (χ3v) is 4.11. The van der Waals surface area contributed by atoms with Crippen LogP contribution in [0.2, 0.25) is 0 Å². The first-order valence-electron chi connectivity index (χ1n) is 11.6. The lowest BCUT2D eigenvalue weighted by Gasteiger charge is -2.10. The average molecular weight is 484 g/mol. The molecule has 0 fully saturated rings. The number of aromatic nitrogens is 1. The Balaban J connectivity index is 0.00000562. The number of allylic oxidation sites excluding steroid dienone is 6. The molecule has 8 heteroatoms. The molecule has 8 nitrogen and oxygen atoms in total. The zero-order valence-corrected chi connectivity index (χ0v) is 21.6. The predicted molar refractivity (Wildman–Crippen MR) is 137 cm³/mol. The van der Waals surface area contributed by atoms with Gasteiger partial charge in [0.2, 0.25) is 12.3 Å². The summed E-state index contributed by atoms with van der Waals surface area (Å²) in [6.07, 6.45) is 10.7. The van der Waals surface area contributed by atoms with Gasteiger partial charge in [0.05, 0.1) is 25.9 Å². The van der Waals surface area contributed by atoms with Gasteiger partial charge in [0.25, 0.3) is 0 Å². The Kier molecular flexibility index (Phi) is 17.7. The molecule has 0 aliphatic carbocycles. The number of hydrogen-bond donors (Lipinski definition) is 1. The molecule has 0 unspecified atom stereocenters. The molecule has 190 valence electrons. The van der Waals surface area contributed by atoms with Crippen LogP contribution < -0.4 is 10.1 Å². The highest BCUT2D eigenvalue weighted by Gasteiger charge is 2.06. The fourth-order valence-corrected chi connectivity index (χ4v) is 2.61. The monoisotopic (exact) mass is 483 g/mol. The van der Waals surface area contributed by atoms with Crippen LogP contribution in [0.5, 0.6) is 5.88 Å². The van der Waals surface area contributed by atoms with Gasteiger partial charge in [-0.05, 0) is 44.6 Å². The lowest BCUT2D eigenvalue weighted by Crippen LogP contribution is -2.09. The maximum absolute atomic E-state index is 11.0. The summed E-state index contributed by atoms with van der Waals surface area (Å²) in [6.45, 7) is 12.1. The SMILES string of the molecule is CC.CC/C=C(\C=C/COCCCOc1ccc(C(/C=C(\C)C#N)=C(\C)NC=O)cn1)OC(C)=O. The minimum absolute atomic E-state index is 0.354. The van der Waals surface area contributed by atoms with Crippen molar-refractivity contribution in [3.63, 3.8) is 0 Å². The molecule has 0 bridgehead atoms. The fraction of sp³-hybridized carbons (Fsp3) is 0.407. The number of carbonyl (C=O) groups is 2. The summed E-state index contributed by atoms with van der Waals surface area (Å²) in [5, 5.41) is 11.7. The number of hydrogen-bond acceptors (Lipinski definition) is 7. The van der Waals surface area contributed by atoms with E-state index < -0.39 is 0 Å². The van der Waals surface area contributed by atoms with Crippen LogP contribution in [0.25, 0.3) is 5.57 Å². The van der Waals surface area contributed by atoms with E-state index in [1.807, 2.05) is 32.9 Å². The van der Waals surface area contributed by atoms with Gasteiger partial charge in [-0.3, -0.25) is 9.59 Å². The quantitative estimate of drug-likeness (QED) is 0.0960. The summed E-state index contributed by atoms with van der Waals surface area (Å²) in [5.74, 6) is 0.628. The Labute approximate surface area is 209 Å². The second kappa shape index (κ2) is 19.7. The van der Waals surface area contributed by atoms with Crippen molar-refractivity contribution in [3.8, 4) is 11.9 Å². The fourth-order valence-electron chi connectivity index (χ4n) is 2.61. The van der Waals surface area contributed by atoms with E-state index in [0.717, 1.165) is 12.0 Å². The molecule has 1 rings (SSSR count). The minimum Gasteiger partial charge on any atom is -0.478 e. The molecule has 0 aromatic carbocycles. The van der Waals surface area contributed by atoms with E-state index in [1.165, 1.54) is 6.92 Å². The van der Waals surface area contributed by atoms with Crippen LogP contribution in [0.3, 0.4) is 0 Å². The number of esters is 1. The Hall–Kier alpha value is -3.70. The molecule has 1 heterocycles. The summed E-state index contributed by atoms with van der Waals surface area (Å²) in [5.41, 5.74) is 2.58. The number of ether oxygens (including phenoxy) is 3. The number of nitriles is 1. The van der Waals surface area contributed by atoms with Crippen molar-refractivity contribution in [2.75, 3.05) is 19.8 Å². The molecular formula is C27H37N3O5. The maximum Gasteiger partial charge on any atom is 0.308 e. The molecule has 0 radical (unpaired) electrons. The third kappa shape index (κ3) is 14.2. The van der Waals surface area contributed by atoms with Crippen molar-refractivity contribution in [2.24, 2.45) is 0 Å². The van der Waals surface area contributed by atoms with Crippen LogP contribution in [0.1, 0.15) is 59.9 Å². The number of nitrogens with one attached hydrogen (secondary N) is 1. The molecule has 1 aromatic heterocycles. The van der Waals surface area contributed by atoms with Crippen molar-refractivity contribution in [2.45, 2.75) is 54.4 Å². The number of amides is 1. The van der Waals surface area contributed by atoms with E-state index in [1.54, 1.807) is 44.3 Å². The number of nitrogens with zero attached hydrogens (tertiary/aromatic N) is 2. The maximum atomic E-state index is 11.0. The highest BCUT2D eigenvalue weighted by atomic mass is 16.5. The molecule has 1 aromatic rings. The van der Waals surface area contributed by atoms with Gasteiger partial charge in [0.15, 0.2) is 0 Å². The smallest absolute Gasteiger partial charge is 0.308 e. The normalized spacial score (nSPS) is 12.1. The Morgan fingerprint density at radius 1 is 1.20 bits per heavy atom. The zero-order valence-electron chi connectivity index (χ0n) is 21.6. The van der Waals surface area contributed by atoms with Gasteiger partial charge >= 0.3 is 5.97 Å². The van der Waals surface area contributed by atoms with Crippen LogP contribution in [-0.4, -0.2) is 37.2 Å². The van der Waals surface area contributed by atoms with Gasteiger partial charge in [-0.15, -0.1) is 0 Å². The van der Waals surface area contributed by atoms with Crippen molar-refractivity contribution < 1.29 is 23.8 Å². The Morgan fingerprint density at radius 3 is 2.51 bits per heavy atom. The summed E-state index contributed by atoms with van der Waals surface area (Å²) in [6, 6.07) is 5.63. The lowest BCUT2D eigenvalue weighted by molar-refractivity contribution is -0.136. The van der Waals surface area contributed by atoms with Crippen molar-refractivity contribution in [3.05, 3.63) is 65.2 Å². The van der Waals surface area contributed by atoms with Crippen LogP contribution in [0, 0.1) is 11.3 Å². The van der Waals surface area contributed by atoms with E-state index in [0.29, 0.717) is 61.1 Å². The van der Waals surface area contributed by atoms with E-state index in [2.05, 4.69) is 16.4 Å². The van der Waals surface area contributed by atoms with Gasteiger partial charge < -0.3 is 19.5 Å². The predicted octanol–water partition coefficient (Wildman–Crippen LogP) is 5.25. The first-order valence-corrected chi connectivity index (χ1v) is 11.6. The van der Waals surface area contributed by atoms with Gasteiger partial charge in [-0.2, -0.15) is 5.26 Å². The lowest BCUT2D eigenvalue weighted by atomic mass is 10.0. The molecule has 0 spiro atoms. The minimum atomic E-state index is -0.354. The standard InChI is InChI=1S/C25H31N3O5.C2H6/c1-5-8-23(33-21(4)30)9-6-12-31-13-7-14-32-25-11-10-22(17-27-25)24(15-19(2)16-26)20(3)28-18-29;1-2/h6,8-11,15,17-18H,5,7,12-14H2,1-4H3,(H,28,29);1-2H3/b9-6-,19-15+,23-8+,24-20+;. The molecule has 0 saturated heterocycles. The molecule has 1 N–H and O–H groups in total. The van der Waals surface area contributed by atoms with Gasteiger partial charge in [0.1, 0.15) is 5.76 Å². The molecule has 1 amide bonds. The van der Waals surface area contributed by atoms with Crippen molar-refractivity contribution in [1.82, 2.24) is 10.3 Å². The van der Waals surface area contributed by atoms with E-state index in [4.69, 9.17) is 19.5 Å². The van der Waals surface area contributed by atoms with Crippen molar-refractivity contribution in [1.29, 1.82) is 5.26 Å². The largest absolute Gasteiger partial charge is 0.478 e. The molecule has 0 atom stereocenters. The summed E-state index contributed by atoms with van der Waals surface area (Å²) in [7, 11) is 0. The summed E-state index contributed by atoms with van der Waals surface area (Å²) in [4.78, 5) is 26.1. The average Bonchev–Trinajstić information content (AvgIpc) is 2.85. The summed E-state index contributed by atoms with van der Waals surface area (Å²) < 4.78 is 16.2. The third-order valence-electron chi connectivity index (χ3n) is 4.11. The molecule has 0 aliphatic heterocycles. The van der Waals surface area contributed by atoms with Gasteiger partial charge in [-0.1, -0.05) is 26.8 Å². The Morgan fingerprint density at radius 2 is 1.94 bits per heavy atom. The highest BCUT2D eigenvalue weighted by Crippen LogP contribution is 2.21. The first-order chi connectivity index (χ1) is 16.9. The van der Waals surface area contributed by atoms with Crippen LogP contribution in [0.15, 0.2) is 59.7 Å². The second-order valence-electron chi connectivity index (χ2n) is 6.91. The second-order valence-corrected chi connectivity index (χ2v) is 6.91. The highest BCUT2D eigenvalue weighted by molar-refractivity contribution is 5.78. The molecule has 0 aliphatic rings. The first kappa shape index (κ1) is 31.3. The Bertz CT molecular complexity index is 939. The number of pyridine rings is 1. The van der Waals surface area contributed by atoms with Gasteiger partial charge in [-0.25, -0.2) is 4.98 Å². The van der Waals surface area contributed by atoms with Crippen LogP contribution in [0.4, 0.5) is 0 Å².